The summed E-state index contributed by atoms with van der Waals surface area (Å²) in [5.41, 5.74) is 0.0955. The lowest BCUT2D eigenvalue weighted by molar-refractivity contribution is 0.409. The molecule has 2 aromatic rings. The van der Waals surface area contributed by atoms with E-state index >= 15 is 0 Å². The molecule has 0 fully saturated rings. The van der Waals surface area contributed by atoms with Gasteiger partial charge in [0.1, 0.15) is 10.1 Å². The third-order valence-corrected chi connectivity index (χ3v) is 2.60. The molecule has 0 saturated carbocycles. The van der Waals surface area contributed by atoms with E-state index in [-0.39, 0.29) is 0 Å². The Hall–Kier alpha value is -1.29. The number of benzene rings is 1. The van der Waals surface area contributed by atoms with Gasteiger partial charge in [-0.05, 0) is 28.1 Å². The molecule has 0 aliphatic carbocycles. The zero-order chi connectivity index (χ0) is 10.1. The van der Waals surface area contributed by atoms with Crippen LogP contribution in [0.1, 0.15) is 0 Å². The quantitative estimate of drug-likeness (QED) is 0.735. The highest BCUT2D eigenvalue weighted by Gasteiger charge is 2.11. The number of fused-ring (bicyclic) bond motifs is 1. The lowest BCUT2D eigenvalue weighted by atomic mass is 10.2. The minimum Gasteiger partial charge on any atom is -0.495 e. The normalized spacial score (nSPS) is 10.4. The number of rotatable bonds is 1. The molecule has 2 rings (SSSR count). The van der Waals surface area contributed by atoms with Crippen LogP contribution >= 0.6 is 15.9 Å². The molecule has 14 heavy (non-hydrogen) atoms. The van der Waals surface area contributed by atoms with Crippen molar-refractivity contribution in [2.75, 3.05) is 7.11 Å². The third kappa shape index (κ3) is 1.32. The van der Waals surface area contributed by atoms with E-state index in [2.05, 4.69) is 15.9 Å². The summed E-state index contributed by atoms with van der Waals surface area (Å²) in [5, 5.41) is 0.779. The van der Waals surface area contributed by atoms with Crippen molar-refractivity contribution in [3.8, 4) is 5.75 Å². The van der Waals surface area contributed by atoms with Crippen LogP contribution in [0.2, 0.25) is 0 Å². The van der Waals surface area contributed by atoms with Crippen molar-refractivity contribution in [2.24, 2.45) is 0 Å². The van der Waals surface area contributed by atoms with Crippen molar-refractivity contribution >= 4 is 26.9 Å². The predicted octanol–water partition coefficient (Wildman–Crippen LogP) is 2.56. The molecule has 0 bridgehead atoms. The van der Waals surface area contributed by atoms with E-state index in [0.717, 1.165) is 5.39 Å². The van der Waals surface area contributed by atoms with Crippen LogP contribution in [0.5, 0.6) is 5.75 Å². The maximum atomic E-state index is 11.3. The molecule has 4 heteroatoms. The van der Waals surface area contributed by atoms with Gasteiger partial charge < -0.3 is 9.15 Å². The smallest absolute Gasteiger partial charge is 0.354 e. The zero-order valence-corrected chi connectivity index (χ0v) is 9.00. The summed E-state index contributed by atoms with van der Waals surface area (Å²) in [6.07, 6.45) is 0. The third-order valence-electron chi connectivity index (χ3n) is 1.92. The lowest BCUT2D eigenvalue weighted by Crippen LogP contribution is -2.02. The van der Waals surface area contributed by atoms with Crippen molar-refractivity contribution in [1.82, 2.24) is 0 Å². The van der Waals surface area contributed by atoms with E-state index in [1.54, 1.807) is 12.1 Å². The highest BCUT2D eigenvalue weighted by atomic mass is 79.9. The highest BCUT2D eigenvalue weighted by Crippen LogP contribution is 2.30. The van der Waals surface area contributed by atoms with E-state index < -0.39 is 5.63 Å². The largest absolute Gasteiger partial charge is 0.495 e. The average Bonchev–Trinajstić information content (AvgIpc) is 2.20. The van der Waals surface area contributed by atoms with Crippen molar-refractivity contribution in [1.29, 1.82) is 0 Å². The summed E-state index contributed by atoms with van der Waals surface area (Å²) < 4.78 is 10.5. The Bertz CT molecular complexity index is 530. The maximum Gasteiger partial charge on any atom is 0.354 e. The maximum absolute atomic E-state index is 11.3. The number of para-hydroxylation sites is 1. The van der Waals surface area contributed by atoms with Crippen molar-refractivity contribution in [3.05, 3.63) is 39.2 Å². The Balaban J connectivity index is 2.96. The summed E-state index contributed by atoms with van der Waals surface area (Å²) in [5.74, 6) is 0.511. The molecule has 0 unspecified atom stereocenters. The monoisotopic (exact) mass is 254 g/mol. The van der Waals surface area contributed by atoms with Crippen LogP contribution in [0.25, 0.3) is 11.0 Å². The Morgan fingerprint density at radius 1 is 1.36 bits per heavy atom. The van der Waals surface area contributed by atoms with Gasteiger partial charge in [0.15, 0.2) is 5.75 Å². The molecule has 0 aliphatic rings. The molecular formula is C10H7BrO3. The number of hydrogen-bond donors (Lipinski definition) is 0. The number of halogens is 1. The van der Waals surface area contributed by atoms with Crippen LogP contribution < -0.4 is 10.4 Å². The van der Waals surface area contributed by atoms with Gasteiger partial charge in [-0.15, -0.1) is 0 Å². The fraction of sp³-hybridized carbons (Fsp3) is 0.100. The molecule has 1 heterocycles. The van der Waals surface area contributed by atoms with E-state index in [1.807, 2.05) is 12.1 Å². The van der Waals surface area contributed by atoms with Crippen molar-refractivity contribution in [3.63, 3.8) is 0 Å². The molecule has 0 radical (unpaired) electrons. The molecule has 72 valence electrons. The van der Waals surface area contributed by atoms with Gasteiger partial charge in [-0.25, -0.2) is 4.79 Å². The summed E-state index contributed by atoms with van der Waals surface area (Å²) in [6, 6.07) is 7.23. The molecule has 0 N–H and O–H groups in total. The van der Waals surface area contributed by atoms with E-state index in [0.29, 0.717) is 15.8 Å². The van der Waals surface area contributed by atoms with Crippen LogP contribution in [0, 0.1) is 0 Å². The second kappa shape index (κ2) is 3.46. The van der Waals surface area contributed by atoms with Gasteiger partial charge in [0, 0.05) is 0 Å². The summed E-state index contributed by atoms with van der Waals surface area (Å²) in [7, 11) is 1.52. The standard InChI is InChI=1S/C10H7BrO3/c1-13-9-6-4-2-3-5-7(6)14-10(12)8(9)11/h2-5H,1H3. The van der Waals surface area contributed by atoms with Gasteiger partial charge in [0.25, 0.3) is 0 Å². The van der Waals surface area contributed by atoms with Gasteiger partial charge in [-0.1, -0.05) is 12.1 Å². The fourth-order valence-corrected chi connectivity index (χ4v) is 1.75. The minimum atomic E-state index is -0.430. The molecular weight excluding hydrogens is 248 g/mol. The van der Waals surface area contributed by atoms with Crippen LogP contribution in [0.3, 0.4) is 0 Å². The molecule has 0 atom stereocenters. The molecule has 1 aromatic carbocycles. The molecule has 1 aromatic heterocycles. The lowest BCUT2D eigenvalue weighted by Gasteiger charge is -2.04. The van der Waals surface area contributed by atoms with Gasteiger partial charge in [-0.3, -0.25) is 0 Å². The Morgan fingerprint density at radius 3 is 2.79 bits per heavy atom. The van der Waals surface area contributed by atoms with Crippen LogP contribution in [-0.2, 0) is 0 Å². The first-order chi connectivity index (χ1) is 6.74. The van der Waals surface area contributed by atoms with Crippen LogP contribution in [0.15, 0.2) is 37.9 Å². The summed E-state index contributed by atoms with van der Waals surface area (Å²) in [4.78, 5) is 11.3. The first-order valence-electron chi connectivity index (χ1n) is 3.99. The molecule has 0 aliphatic heterocycles. The fourth-order valence-electron chi connectivity index (χ4n) is 1.30. The van der Waals surface area contributed by atoms with Gasteiger partial charge >= 0.3 is 5.63 Å². The second-order valence-corrected chi connectivity index (χ2v) is 3.53. The van der Waals surface area contributed by atoms with Gasteiger partial charge in [0.2, 0.25) is 0 Å². The van der Waals surface area contributed by atoms with E-state index in [1.165, 1.54) is 7.11 Å². The van der Waals surface area contributed by atoms with E-state index in [9.17, 15) is 4.79 Å². The summed E-state index contributed by atoms with van der Waals surface area (Å²) in [6.45, 7) is 0. The average molecular weight is 255 g/mol. The number of methoxy groups -OCH3 is 1. The van der Waals surface area contributed by atoms with Crippen LogP contribution in [0.4, 0.5) is 0 Å². The molecule has 0 saturated heterocycles. The Labute approximate surface area is 88.4 Å². The van der Waals surface area contributed by atoms with Crippen LogP contribution in [-0.4, -0.2) is 7.11 Å². The predicted molar refractivity (Wildman–Crippen MR) is 56.7 cm³/mol. The molecule has 3 nitrogen and oxygen atoms in total. The van der Waals surface area contributed by atoms with Gasteiger partial charge in [0.05, 0.1) is 12.5 Å². The summed E-state index contributed by atoms with van der Waals surface area (Å²) >= 11 is 3.13. The minimum absolute atomic E-state index is 0.318. The Morgan fingerprint density at radius 2 is 2.07 bits per heavy atom. The highest BCUT2D eigenvalue weighted by molar-refractivity contribution is 9.10. The topological polar surface area (TPSA) is 39.4 Å². The number of ether oxygens (including phenoxy) is 1. The molecule has 0 amide bonds. The second-order valence-electron chi connectivity index (χ2n) is 2.73. The SMILES string of the molecule is COc1c(Br)c(=O)oc2ccccc12. The molecule has 0 spiro atoms. The first kappa shape index (κ1) is 9.27. The van der Waals surface area contributed by atoms with Crippen molar-refractivity contribution < 1.29 is 9.15 Å². The zero-order valence-electron chi connectivity index (χ0n) is 7.41. The van der Waals surface area contributed by atoms with Gasteiger partial charge in [-0.2, -0.15) is 0 Å². The van der Waals surface area contributed by atoms with Crippen molar-refractivity contribution in [2.45, 2.75) is 0 Å². The number of hydrogen-bond acceptors (Lipinski definition) is 3. The van der Waals surface area contributed by atoms with E-state index in [4.69, 9.17) is 9.15 Å². The Kier molecular flexibility index (Phi) is 2.29. The first-order valence-corrected chi connectivity index (χ1v) is 4.78.